The largest absolute Gasteiger partial charge is 0.370 e. The van der Waals surface area contributed by atoms with Crippen molar-refractivity contribution in [2.75, 3.05) is 24.5 Å². The van der Waals surface area contributed by atoms with E-state index in [1.54, 1.807) is 0 Å². The van der Waals surface area contributed by atoms with Crippen molar-refractivity contribution in [2.45, 2.75) is 25.8 Å². The molecule has 0 bridgehead atoms. The molecule has 1 N–H and O–H groups in total. The third-order valence-electron chi connectivity index (χ3n) is 3.24. The Labute approximate surface area is 120 Å². The van der Waals surface area contributed by atoms with E-state index in [2.05, 4.69) is 67.2 Å². The van der Waals surface area contributed by atoms with Crippen LogP contribution in [0.5, 0.6) is 0 Å². The van der Waals surface area contributed by atoms with Gasteiger partial charge >= 0.3 is 0 Å². The number of nitrogens with one attached hydrogen (secondary N) is 1. The Morgan fingerprint density at radius 1 is 1.29 bits per heavy atom. The van der Waals surface area contributed by atoms with Crippen molar-refractivity contribution in [1.82, 2.24) is 5.32 Å². The van der Waals surface area contributed by atoms with Gasteiger partial charge in [0.05, 0.1) is 5.69 Å². The molecule has 1 fully saturated rings. The van der Waals surface area contributed by atoms with Gasteiger partial charge < -0.3 is 10.2 Å². The van der Waals surface area contributed by atoms with Gasteiger partial charge in [0.2, 0.25) is 0 Å². The Hall–Kier alpha value is -0.0600. The summed E-state index contributed by atoms with van der Waals surface area (Å²) >= 11 is 7.17. The highest BCUT2D eigenvalue weighted by Gasteiger charge is 2.19. The Morgan fingerprint density at radius 3 is 2.65 bits per heavy atom. The molecular formula is C13H18Br2N2. The van der Waals surface area contributed by atoms with Gasteiger partial charge in [0.25, 0.3) is 0 Å². The lowest BCUT2D eigenvalue weighted by molar-refractivity contribution is 0.423. The van der Waals surface area contributed by atoms with Crippen molar-refractivity contribution in [3.63, 3.8) is 0 Å². The van der Waals surface area contributed by atoms with Gasteiger partial charge in [-0.25, -0.2) is 0 Å². The van der Waals surface area contributed by atoms with Crippen LogP contribution in [0.1, 0.15) is 19.8 Å². The van der Waals surface area contributed by atoms with Crippen LogP contribution in [0, 0.1) is 0 Å². The maximum absolute atomic E-state index is 3.63. The third-order valence-corrected chi connectivity index (χ3v) is 4.40. The zero-order valence-corrected chi connectivity index (χ0v) is 13.2. The molecule has 2 rings (SSSR count). The first-order valence-electron chi connectivity index (χ1n) is 6.14. The molecule has 0 radical (unpaired) electrons. The van der Waals surface area contributed by atoms with Gasteiger partial charge in [0, 0.05) is 28.1 Å². The average molecular weight is 362 g/mol. The first-order valence-corrected chi connectivity index (χ1v) is 7.72. The van der Waals surface area contributed by atoms with E-state index in [-0.39, 0.29) is 0 Å². The van der Waals surface area contributed by atoms with Crippen LogP contribution in [0.3, 0.4) is 0 Å². The lowest BCUT2D eigenvalue weighted by Gasteiger charge is -2.34. The molecule has 1 aliphatic heterocycles. The lowest BCUT2D eigenvalue weighted by Crippen LogP contribution is -2.42. The molecule has 1 aromatic rings. The van der Waals surface area contributed by atoms with Crippen molar-refractivity contribution < 1.29 is 0 Å². The maximum atomic E-state index is 3.63. The Bertz CT molecular complexity index is 374. The van der Waals surface area contributed by atoms with Gasteiger partial charge in [-0.2, -0.15) is 0 Å². The molecule has 0 unspecified atom stereocenters. The zero-order chi connectivity index (χ0) is 12.3. The summed E-state index contributed by atoms with van der Waals surface area (Å²) < 4.78 is 2.33. The fourth-order valence-corrected chi connectivity index (χ4v) is 3.19. The van der Waals surface area contributed by atoms with Crippen LogP contribution in [-0.2, 0) is 0 Å². The van der Waals surface area contributed by atoms with Crippen molar-refractivity contribution in [2.24, 2.45) is 0 Å². The molecule has 2 nitrogen and oxygen atoms in total. The molecule has 94 valence electrons. The molecule has 0 saturated carbocycles. The van der Waals surface area contributed by atoms with Gasteiger partial charge in [0.1, 0.15) is 0 Å². The van der Waals surface area contributed by atoms with Gasteiger partial charge in [-0.3, -0.25) is 0 Å². The Balaban J connectivity index is 2.02. The summed E-state index contributed by atoms with van der Waals surface area (Å²) in [6.45, 7) is 5.52. The molecule has 1 aromatic carbocycles. The van der Waals surface area contributed by atoms with Crippen LogP contribution in [0.15, 0.2) is 27.1 Å². The van der Waals surface area contributed by atoms with Crippen LogP contribution in [0.2, 0.25) is 0 Å². The minimum Gasteiger partial charge on any atom is -0.370 e. The van der Waals surface area contributed by atoms with Crippen LogP contribution < -0.4 is 10.2 Å². The van der Waals surface area contributed by atoms with Gasteiger partial charge in [-0.1, -0.05) is 22.9 Å². The van der Waals surface area contributed by atoms with Crippen molar-refractivity contribution >= 4 is 37.5 Å². The number of nitrogens with zero attached hydrogens (tertiary/aromatic N) is 1. The monoisotopic (exact) mass is 360 g/mol. The summed E-state index contributed by atoms with van der Waals surface area (Å²) in [7, 11) is 0. The molecule has 4 heteroatoms. The van der Waals surface area contributed by atoms with Crippen molar-refractivity contribution in [1.29, 1.82) is 0 Å². The van der Waals surface area contributed by atoms with Crippen molar-refractivity contribution in [3.8, 4) is 0 Å². The molecule has 0 aliphatic carbocycles. The second-order valence-corrected chi connectivity index (χ2v) is 6.18. The minimum atomic E-state index is 0.696. The highest BCUT2D eigenvalue weighted by atomic mass is 79.9. The van der Waals surface area contributed by atoms with E-state index < -0.39 is 0 Å². The first kappa shape index (κ1) is 13.4. The first-order chi connectivity index (χ1) is 8.20. The predicted molar refractivity (Wildman–Crippen MR) is 80.8 cm³/mol. The zero-order valence-electron chi connectivity index (χ0n) is 10.0. The van der Waals surface area contributed by atoms with E-state index >= 15 is 0 Å². The summed E-state index contributed by atoms with van der Waals surface area (Å²) in [5.41, 5.74) is 1.30. The molecule has 0 atom stereocenters. The highest BCUT2D eigenvalue weighted by Crippen LogP contribution is 2.31. The average Bonchev–Trinajstić information content (AvgIpc) is 2.34. The number of piperidine rings is 1. The Kier molecular flexibility index (Phi) is 4.88. The normalized spacial score (nSPS) is 17.5. The van der Waals surface area contributed by atoms with Gasteiger partial charge in [0.15, 0.2) is 0 Å². The van der Waals surface area contributed by atoms with Crippen molar-refractivity contribution in [3.05, 3.63) is 27.1 Å². The van der Waals surface area contributed by atoms with E-state index in [0.29, 0.717) is 6.04 Å². The molecular weight excluding hydrogens is 344 g/mol. The number of hydrogen-bond donors (Lipinski definition) is 1. The molecule has 1 heterocycles. The Morgan fingerprint density at radius 2 is 2.00 bits per heavy atom. The van der Waals surface area contributed by atoms with E-state index in [0.717, 1.165) is 24.1 Å². The molecule has 1 aliphatic rings. The second kappa shape index (κ2) is 6.21. The highest BCUT2D eigenvalue weighted by molar-refractivity contribution is 9.11. The summed E-state index contributed by atoms with van der Waals surface area (Å²) in [4.78, 5) is 2.46. The molecule has 0 amide bonds. The van der Waals surface area contributed by atoms with E-state index in [1.807, 2.05) is 0 Å². The quantitative estimate of drug-likeness (QED) is 0.881. The fourth-order valence-electron chi connectivity index (χ4n) is 2.34. The predicted octanol–water partition coefficient (Wildman–Crippen LogP) is 3.79. The molecule has 1 saturated heterocycles. The topological polar surface area (TPSA) is 15.3 Å². The molecule has 0 aromatic heterocycles. The van der Waals surface area contributed by atoms with Gasteiger partial charge in [-0.05, 0) is 53.5 Å². The standard InChI is InChI=1S/C13H18Br2N2/c1-2-16-11-5-7-17(8-6-11)13-9-10(14)3-4-12(13)15/h3-4,9,11,16H,2,5-8H2,1H3. The minimum absolute atomic E-state index is 0.696. The van der Waals surface area contributed by atoms with Crippen LogP contribution in [-0.4, -0.2) is 25.7 Å². The number of halogens is 2. The summed E-state index contributed by atoms with van der Waals surface area (Å²) in [6.07, 6.45) is 2.46. The lowest BCUT2D eigenvalue weighted by atomic mass is 10.0. The maximum Gasteiger partial charge on any atom is 0.0521 e. The number of hydrogen-bond acceptors (Lipinski definition) is 2. The van der Waals surface area contributed by atoms with E-state index in [9.17, 15) is 0 Å². The number of benzene rings is 1. The van der Waals surface area contributed by atoms with Gasteiger partial charge in [-0.15, -0.1) is 0 Å². The third kappa shape index (κ3) is 3.46. The SMILES string of the molecule is CCNC1CCN(c2cc(Br)ccc2Br)CC1. The second-order valence-electron chi connectivity index (χ2n) is 4.41. The van der Waals surface area contributed by atoms with E-state index in [4.69, 9.17) is 0 Å². The van der Waals surface area contributed by atoms with E-state index in [1.165, 1.54) is 23.0 Å². The number of rotatable bonds is 3. The van der Waals surface area contributed by atoms with Crippen LogP contribution in [0.4, 0.5) is 5.69 Å². The van der Waals surface area contributed by atoms with Crippen LogP contribution >= 0.6 is 31.9 Å². The number of anilines is 1. The fraction of sp³-hybridized carbons (Fsp3) is 0.538. The summed E-state index contributed by atoms with van der Waals surface area (Å²) in [5.74, 6) is 0. The molecule has 17 heavy (non-hydrogen) atoms. The molecule has 0 spiro atoms. The van der Waals surface area contributed by atoms with Crippen LogP contribution in [0.25, 0.3) is 0 Å². The smallest absolute Gasteiger partial charge is 0.0521 e. The summed E-state index contributed by atoms with van der Waals surface area (Å²) in [6, 6.07) is 7.06. The summed E-state index contributed by atoms with van der Waals surface area (Å²) in [5, 5.41) is 3.53.